The molecule has 3 rings (SSSR count). The minimum atomic E-state index is 0.875. The van der Waals surface area contributed by atoms with Crippen LogP contribution in [0.2, 0.25) is 0 Å². The summed E-state index contributed by atoms with van der Waals surface area (Å²) in [5.41, 5.74) is 12.0. The summed E-state index contributed by atoms with van der Waals surface area (Å²) in [6.07, 6.45) is 0. The van der Waals surface area contributed by atoms with E-state index in [-0.39, 0.29) is 0 Å². The van der Waals surface area contributed by atoms with E-state index < -0.39 is 0 Å². The molecule has 0 fully saturated rings. The zero-order valence-electron chi connectivity index (χ0n) is 15.4. The molecule has 120 valence electrons. The van der Waals surface area contributed by atoms with Gasteiger partial charge in [-0.25, -0.2) is 4.98 Å². The van der Waals surface area contributed by atoms with E-state index >= 15 is 0 Å². The monoisotopic (exact) mass is 307 g/mol. The highest BCUT2D eigenvalue weighted by Crippen LogP contribution is 2.36. The molecule has 2 nitrogen and oxygen atoms in total. The summed E-state index contributed by atoms with van der Waals surface area (Å²) in [6.45, 7) is 17.2. The molecule has 0 N–H and O–H groups in total. The third-order valence-corrected chi connectivity index (χ3v) is 5.70. The molecule has 3 aromatic rings. The lowest BCUT2D eigenvalue weighted by atomic mass is 9.96. The lowest BCUT2D eigenvalue weighted by Crippen LogP contribution is -1.98. The second kappa shape index (κ2) is 5.23. The van der Waals surface area contributed by atoms with Gasteiger partial charge in [-0.3, -0.25) is 0 Å². The quantitative estimate of drug-likeness (QED) is 0.554. The first kappa shape index (κ1) is 15.8. The van der Waals surface area contributed by atoms with Gasteiger partial charge in [-0.2, -0.15) is 0 Å². The number of aryl methyl sites for hydroxylation is 3. The van der Waals surface area contributed by atoms with Crippen LogP contribution in [0.5, 0.6) is 0 Å². The fraction of sp³-hybridized carbons (Fsp3) is 0.381. The molecule has 0 radical (unpaired) electrons. The maximum atomic E-state index is 6.27. The van der Waals surface area contributed by atoms with E-state index in [9.17, 15) is 0 Å². The largest absolute Gasteiger partial charge is 0.454 e. The maximum absolute atomic E-state index is 6.27. The molecule has 0 aliphatic rings. The predicted octanol–water partition coefficient (Wildman–Crippen LogP) is 5.96. The van der Waals surface area contributed by atoms with Crippen molar-refractivity contribution in [3.8, 4) is 11.5 Å². The van der Waals surface area contributed by atoms with Gasteiger partial charge < -0.3 is 4.42 Å². The fourth-order valence-corrected chi connectivity index (χ4v) is 3.31. The number of hydrogen-bond acceptors (Lipinski definition) is 2. The van der Waals surface area contributed by atoms with Crippen LogP contribution < -0.4 is 0 Å². The first-order valence-electron chi connectivity index (χ1n) is 8.18. The molecule has 0 bridgehead atoms. The van der Waals surface area contributed by atoms with E-state index in [1.807, 2.05) is 0 Å². The molecule has 0 spiro atoms. The second-order valence-corrected chi connectivity index (χ2v) is 6.77. The van der Waals surface area contributed by atoms with Crippen LogP contribution in [0, 0.1) is 55.4 Å². The number of fused-ring (bicyclic) bond motifs is 1. The summed E-state index contributed by atoms with van der Waals surface area (Å²) >= 11 is 0. The number of pyridine rings is 1. The molecule has 0 unspecified atom stereocenters. The number of hydrogen-bond donors (Lipinski definition) is 0. The lowest BCUT2D eigenvalue weighted by molar-refractivity contribution is 0.624. The molecule has 0 aliphatic heterocycles. The number of benzene rings is 1. The Morgan fingerprint density at radius 3 is 1.87 bits per heavy atom. The van der Waals surface area contributed by atoms with Gasteiger partial charge in [0.1, 0.15) is 11.3 Å². The standard InChI is InChI=1S/C21H25NO/c1-10-11(2)16(7)21-18(14(10)5)9-19(23-21)20-15(6)12(3)13(4)17(8)22-20/h9H,1-8H3. The van der Waals surface area contributed by atoms with Crippen molar-refractivity contribution in [2.24, 2.45) is 0 Å². The number of aromatic nitrogens is 1. The molecule has 2 heteroatoms. The van der Waals surface area contributed by atoms with Crippen molar-refractivity contribution in [3.63, 3.8) is 0 Å². The molecule has 0 saturated carbocycles. The normalized spacial score (nSPS) is 11.5. The van der Waals surface area contributed by atoms with Crippen LogP contribution in [0.3, 0.4) is 0 Å². The third-order valence-electron chi connectivity index (χ3n) is 5.70. The van der Waals surface area contributed by atoms with E-state index in [1.54, 1.807) is 0 Å². The minimum absolute atomic E-state index is 0.875. The van der Waals surface area contributed by atoms with Crippen molar-refractivity contribution in [2.75, 3.05) is 0 Å². The van der Waals surface area contributed by atoms with Crippen LogP contribution in [0.1, 0.15) is 44.6 Å². The zero-order chi connectivity index (χ0) is 17.0. The van der Waals surface area contributed by atoms with Gasteiger partial charge in [-0.15, -0.1) is 0 Å². The van der Waals surface area contributed by atoms with Crippen molar-refractivity contribution in [1.82, 2.24) is 4.98 Å². The third kappa shape index (κ3) is 2.20. The van der Waals surface area contributed by atoms with Crippen LogP contribution >= 0.6 is 0 Å². The summed E-state index contributed by atoms with van der Waals surface area (Å²) in [7, 11) is 0. The molecule has 2 aromatic heterocycles. The Morgan fingerprint density at radius 1 is 0.652 bits per heavy atom. The number of furan rings is 1. The highest BCUT2D eigenvalue weighted by molar-refractivity contribution is 5.90. The highest BCUT2D eigenvalue weighted by Gasteiger charge is 2.18. The van der Waals surface area contributed by atoms with Crippen LogP contribution in [-0.2, 0) is 0 Å². The van der Waals surface area contributed by atoms with Crippen molar-refractivity contribution in [2.45, 2.75) is 55.4 Å². The van der Waals surface area contributed by atoms with Gasteiger partial charge in [0.05, 0.1) is 0 Å². The number of nitrogens with zero attached hydrogens (tertiary/aromatic N) is 1. The average molecular weight is 307 g/mol. The molecular formula is C21H25NO. The Morgan fingerprint density at radius 2 is 1.22 bits per heavy atom. The summed E-state index contributed by atoms with van der Waals surface area (Å²) in [4.78, 5) is 4.81. The second-order valence-electron chi connectivity index (χ2n) is 6.77. The maximum Gasteiger partial charge on any atom is 0.154 e. The van der Waals surface area contributed by atoms with E-state index in [0.29, 0.717) is 0 Å². The molecule has 0 atom stereocenters. The van der Waals surface area contributed by atoms with Crippen LogP contribution in [0.25, 0.3) is 22.4 Å². The van der Waals surface area contributed by atoms with E-state index in [1.165, 1.54) is 44.3 Å². The Labute approximate surface area is 138 Å². The van der Waals surface area contributed by atoms with E-state index in [0.717, 1.165) is 22.7 Å². The Balaban J connectivity index is 2.36. The van der Waals surface area contributed by atoms with Crippen LogP contribution in [0.4, 0.5) is 0 Å². The van der Waals surface area contributed by atoms with Gasteiger partial charge in [0.15, 0.2) is 5.76 Å². The van der Waals surface area contributed by atoms with Gasteiger partial charge in [0.25, 0.3) is 0 Å². The van der Waals surface area contributed by atoms with E-state index in [2.05, 4.69) is 61.5 Å². The van der Waals surface area contributed by atoms with Gasteiger partial charge in [0, 0.05) is 11.1 Å². The van der Waals surface area contributed by atoms with E-state index in [4.69, 9.17) is 9.40 Å². The molecule has 23 heavy (non-hydrogen) atoms. The molecule has 0 amide bonds. The zero-order valence-corrected chi connectivity index (χ0v) is 15.4. The lowest BCUT2D eigenvalue weighted by Gasteiger charge is -2.11. The van der Waals surface area contributed by atoms with Gasteiger partial charge in [-0.05, 0) is 100 Å². The Kier molecular flexibility index (Phi) is 3.59. The minimum Gasteiger partial charge on any atom is -0.454 e. The van der Waals surface area contributed by atoms with Crippen molar-refractivity contribution < 1.29 is 4.42 Å². The van der Waals surface area contributed by atoms with Gasteiger partial charge in [-0.1, -0.05) is 0 Å². The summed E-state index contributed by atoms with van der Waals surface area (Å²) in [5.74, 6) is 0.875. The Hall–Kier alpha value is -2.09. The van der Waals surface area contributed by atoms with Crippen molar-refractivity contribution >= 4 is 11.0 Å². The topological polar surface area (TPSA) is 26.0 Å². The van der Waals surface area contributed by atoms with Crippen molar-refractivity contribution in [3.05, 3.63) is 50.7 Å². The Bertz CT molecular complexity index is 900. The van der Waals surface area contributed by atoms with Crippen molar-refractivity contribution in [1.29, 1.82) is 0 Å². The highest BCUT2D eigenvalue weighted by atomic mass is 16.3. The average Bonchev–Trinajstić information content (AvgIpc) is 2.97. The molecular weight excluding hydrogens is 282 g/mol. The molecule has 2 heterocycles. The summed E-state index contributed by atoms with van der Waals surface area (Å²) < 4.78 is 6.27. The van der Waals surface area contributed by atoms with Crippen LogP contribution in [0.15, 0.2) is 10.5 Å². The molecule has 1 aromatic carbocycles. The van der Waals surface area contributed by atoms with Gasteiger partial charge in [0.2, 0.25) is 0 Å². The first-order valence-corrected chi connectivity index (χ1v) is 8.18. The SMILES string of the molecule is Cc1nc(-c2cc3c(C)c(C)c(C)c(C)c3o2)c(C)c(C)c1C. The number of rotatable bonds is 1. The predicted molar refractivity (Wildman–Crippen MR) is 97.3 cm³/mol. The summed E-state index contributed by atoms with van der Waals surface area (Å²) in [5, 5.41) is 1.21. The first-order chi connectivity index (χ1) is 10.7. The molecule has 0 aliphatic carbocycles. The molecule has 0 saturated heterocycles. The smallest absolute Gasteiger partial charge is 0.154 e. The summed E-state index contributed by atoms with van der Waals surface area (Å²) in [6, 6.07) is 2.16. The van der Waals surface area contributed by atoms with Gasteiger partial charge >= 0.3 is 0 Å². The van der Waals surface area contributed by atoms with Crippen LogP contribution in [-0.4, -0.2) is 4.98 Å². The fourth-order valence-electron chi connectivity index (χ4n) is 3.31.